The molecule has 2 rings (SSSR count). The predicted molar refractivity (Wildman–Crippen MR) is 81.1 cm³/mol. The van der Waals surface area contributed by atoms with Gasteiger partial charge in [-0.3, -0.25) is 0 Å². The van der Waals surface area contributed by atoms with Crippen molar-refractivity contribution in [2.24, 2.45) is 5.73 Å². The first-order valence-corrected chi connectivity index (χ1v) is 6.79. The quantitative estimate of drug-likeness (QED) is 0.898. The second-order valence-electron chi connectivity index (χ2n) is 4.92. The van der Waals surface area contributed by atoms with Crippen molar-refractivity contribution in [3.8, 4) is 0 Å². The van der Waals surface area contributed by atoms with Gasteiger partial charge in [-0.2, -0.15) is 0 Å². The highest BCUT2D eigenvalue weighted by Gasteiger charge is 2.25. The molecular formula is C17H20N2O. The van der Waals surface area contributed by atoms with Gasteiger partial charge in [0.2, 0.25) is 0 Å². The van der Waals surface area contributed by atoms with Gasteiger partial charge in [0.25, 0.3) is 0 Å². The van der Waals surface area contributed by atoms with Crippen LogP contribution in [0.2, 0.25) is 0 Å². The molecule has 0 aliphatic carbocycles. The fourth-order valence-electron chi connectivity index (χ4n) is 2.50. The van der Waals surface area contributed by atoms with E-state index in [1.54, 1.807) is 4.90 Å². The molecule has 0 heterocycles. The Bertz CT molecular complexity index is 508. The van der Waals surface area contributed by atoms with Crippen molar-refractivity contribution in [3.63, 3.8) is 0 Å². The van der Waals surface area contributed by atoms with E-state index in [0.717, 1.165) is 11.1 Å². The molecule has 2 unspecified atom stereocenters. The summed E-state index contributed by atoms with van der Waals surface area (Å²) in [5, 5.41) is 0. The third kappa shape index (κ3) is 2.99. The first-order chi connectivity index (χ1) is 9.61. The first kappa shape index (κ1) is 14.1. The Balaban J connectivity index is 2.30. The summed E-state index contributed by atoms with van der Waals surface area (Å²) in [6.45, 7) is 4.00. The number of nitrogens with two attached hydrogens (primary N) is 1. The number of nitrogens with zero attached hydrogens (tertiary/aromatic N) is 1. The van der Waals surface area contributed by atoms with Gasteiger partial charge in [-0.1, -0.05) is 60.7 Å². The molecule has 2 amide bonds. The Morgan fingerprint density at radius 1 is 0.850 bits per heavy atom. The Morgan fingerprint density at radius 2 is 1.20 bits per heavy atom. The van der Waals surface area contributed by atoms with Crippen molar-refractivity contribution in [1.82, 2.24) is 4.90 Å². The molecule has 0 aromatic heterocycles. The number of hydrogen-bond acceptors (Lipinski definition) is 1. The summed E-state index contributed by atoms with van der Waals surface area (Å²) in [6.07, 6.45) is 0. The molecule has 0 aliphatic rings. The lowest BCUT2D eigenvalue weighted by atomic mass is 10.0. The molecule has 2 N–H and O–H groups in total. The second-order valence-corrected chi connectivity index (χ2v) is 4.92. The Kier molecular flexibility index (Phi) is 4.41. The van der Waals surface area contributed by atoms with Crippen molar-refractivity contribution in [3.05, 3.63) is 71.8 Å². The second kappa shape index (κ2) is 6.24. The van der Waals surface area contributed by atoms with Crippen LogP contribution in [0.1, 0.15) is 37.1 Å². The number of benzene rings is 2. The number of carbonyl (C=O) groups is 1. The highest BCUT2D eigenvalue weighted by Crippen LogP contribution is 2.29. The number of rotatable bonds is 4. The van der Waals surface area contributed by atoms with Crippen molar-refractivity contribution in [1.29, 1.82) is 0 Å². The summed E-state index contributed by atoms with van der Waals surface area (Å²) in [5.74, 6) is 0. The maximum atomic E-state index is 11.9. The Labute approximate surface area is 120 Å². The van der Waals surface area contributed by atoms with Gasteiger partial charge in [0.05, 0.1) is 12.1 Å². The summed E-state index contributed by atoms with van der Waals surface area (Å²) in [5.41, 5.74) is 7.76. The third-order valence-corrected chi connectivity index (χ3v) is 3.65. The fourth-order valence-corrected chi connectivity index (χ4v) is 2.50. The van der Waals surface area contributed by atoms with E-state index in [1.165, 1.54) is 0 Å². The normalized spacial score (nSPS) is 13.5. The number of carbonyl (C=O) groups excluding carboxylic acids is 1. The summed E-state index contributed by atoms with van der Waals surface area (Å²) < 4.78 is 0. The molecule has 0 saturated heterocycles. The van der Waals surface area contributed by atoms with E-state index in [1.807, 2.05) is 74.5 Å². The van der Waals surface area contributed by atoms with Gasteiger partial charge in [-0.15, -0.1) is 0 Å². The minimum atomic E-state index is -0.405. The average Bonchev–Trinajstić information content (AvgIpc) is 2.48. The Morgan fingerprint density at radius 3 is 1.50 bits per heavy atom. The molecule has 3 nitrogen and oxygen atoms in total. The van der Waals surface area contributed by atoms with Crippen LogP contribution in [0.25, 0.3) is 0 Å². The summed E-state index contributed by atoms with van der Waals surface area (Å²) >= 11 is 0. The van der Waals surface area contributed by atoms with Crippen LogP contribution in [0.4, 0.5) is 4.79 Å². The zero-order chi connectivity index (χ0) is 14.5. The number of primary amides is 1. The van der Waals surface area contributed by atoms with Crippen LogP contribution in [0.15, 0.2) is 60.7 Å². The zero-order valence-electron chi connectivity index (χ0n) is 11.9. The molecule has 0 saturated carbocycles. The van der Waals surface area contributed by atoms with E-state index >= 15 is 0 Å². The van der Waals surface area contributed by atoms with Crippen molar-refractivity contribution in [2.75, 3.05) is 0 Å². The van der Waals surface area contributed by atoms with Crippen LogP contribution in [-0.4, -0.2) is 10.9 Å². The molecule has 0 bridgehead atoms. The van der Waals surface area contributed by atoms with E-state index in [-0.39, 0.29) is 12.1 Å². The Hall–Kier alpha value is -2.29. The molecule has 0 fully saturated rings. The SMILES string of the molecule is CC(c1ccccc1)N(C(N)=O)C(C)c1ccccc1. The fraction of sp³-hybridized carbons (Fsp3) is 0.235. The van der Waals surface area contributed by atoms with E-state index < -0.39 is 6.03 Å². The predicted octanol–water partition coefficient (Wildman–Crippen LogP) is 3.89. The van der Waals surface area contributed by atoms with Gasteiger partial charge in [-0.25, -0.2) is 4.79 Å². The van der Waals surface area contributed by atoms with Crippen LogP contribution in [0.5, 0.6) is 0 Å². The van der Waals surface area contributed by atoms with E-state index in [4.69, 9.17) is 5.73 Å². The average molecular weight is 268 g/mol. The molecule has 0 radical (unpaired) electrons. The van der Waals surface area contributed by atoms with Gasteiger partial charge in [0.15, 0.2) is 0 Å². The van der Waals surface area contributed by atoms with Crippen molar-refractivity contribution < 1.29 is 4.79 Å². The molecule has 2 aromatic rings. The van der Waals surface area contributed by atoms with Gasteiger partial charge < -0.3 is 10.6 Å². The standard InChI is InChI=1S/C17H20N2O/c1-13(15-9-5-3-6-10-15)19(17(18)20)14(2)16-11-7-4-8-12-16/h3-14H,1-2H3,(H2,18,20). The topological polar surface area (TPSA) is 46.3 Å². The zero-order valence-corrected chi connectivity index (χ0v) is 11.9. The first-order valence-electron chi connectivity index (χ1n) is 6.79. The number of hydrogen-bond donors (Lipinski definition) is 1. The van der Waals surface area contributed by atoms with Crippen LogP contribution in [0, 0.1) is 0 Å². The summed E-state index contributed by atoms with van der Waals surface area (Å²) in [6, 6.07) is 19.3. The number of urea groups is 1. The largest absolute Gasteiger partial charge is 0.351 e. The minimum Gasteiger partial charge on any atom is -0.351 e. The number of amides is 2. The van der Waals surface area contributed by atoms with Crippen LogP contribution in [0.3, 0.4) is 0 Å². The maximum Gasteiger partial charge on any atom is 0.315 e. The molecule has 20 heavy (non-hydrogen) atoms. The van der Waals surface area contributed by atoms with Crippen LogP contribution in [-0.2, 0) is 0 Å². The van der Waals surface area contributed by atoms with Crippen molar-refractivity contribution in [2.45, 2.75) is 25.9 Å². The molecule has 0 spiro atoms. The summed E-state index contributed by atoms with van der Waals surface area (Å²) in [4.78, 5) is 13.6. The monoisotopic (exact) mass is 268 g/mol. The smallest absolute Gasteiger partial charge is 0.315 e. The minimum absolute atomic E-state index is 0.0658. The molecule has 3 heteroatoms. The van der Waals surface area contributed by atoms with E-state index in [2.05, 4.69) is 0 Å². The van der Waals surface area contributed by atoms with E-state index in [9.17, 15) is 4.79 Å². The van der Waals surface area contributed by atoms with Gasteiger partial charge in [0.1, 0.15) is 0 Å². The molecule has 0 aliphatic heterocycles. The lowest BCUT2D eigenvalue weighted by molar-refractivity contribution is 0.163. The molecular weight excluding hydrogens is 248 g/mol. The lowest BCUT2D eigenvalue weighted by Crippen LogP contribution is -2.39. The van der Waals surface area contributed by atoms with Gasteiger partial charge >= 0.3 is 6.03 Å². The van der Waals surface area contributed by atoms with Crippen molar-refractivity contribution >= 4 is 6.03 Å². The van der Waals surface area contributed by atoms with Crippen LogP contribution >= 0.6 is 0 Å². The molecule has 2 aromatic carbocycles. The van der Waals surface area contributed by atoms with Crippen LogP contribution < -0.4 is 5.73 Å². The molecule has 2 atom stereocenters. The van der Waals surface area contributed by atoms with Gasteiger partial charge in [0, 0.05) is 0 Å². The third-order valence-electron chi connectivity index (χ3n) is 3.65. The lowest BCUT2D eigenvalue weighted by Gasteiger charge is -2.33. The highest BCUT2D eigenvalue weighted by atomic mass is 16.2. The highest BCUT2D eigenvalue weighted by molar-refractivity contribution is 5.73. The maximum absolute atomic E-state index is 11.9. The summed E-state index contributed by atoms with van der Waals surface area (Å²) in [7, 11) is 0. The van der Waals surface area contributed by atoms with Gasteiger partial charge in [-0.05, 0) is 25.0 Å². The van der Waals surface area contributed by atoms with E-state index in [0.29, 0.717) is 0 Å². The molecule has 104 valence electrons.